The van der Waals surface area contributed by atoms with Crippen molar-refractivity contribution < 1.29 is 158 Å². The first-order valence-corrected chi connectivity index (χ1v) is 21.6. The first kappa shape index (κ1) is 86.7. The van der Waals surface area contributed by atoms with Gasteiger partial charge in [0.15, 0.2) is 0 Å². The van der Waals surface area contributed by atoms with Gasteiger partial charge in [0.05, 0.1) is 44.2 Å². The lowest BCUT2D eigenvalue weighted by molar-refractivity contribution is -0.221. The quantitative estimate of drug-likeness (QED) is 0.0221. The molecule has 0 aromatic carbocycles. The molecule has 0 saturated heterocycles. The molecule has 464 valence electrons. The Kier molecular flexibility index (Phi) is 46.3. The molecule has 20 nitrogen and oxygen atoms in total. The molecule has 0 unspecified atom stereocenters. The number of aliphatic carboxylic acids is 4. The molecule has 0 bridgehead atoms. The fourth-order valence-corrected chi connectivity index (χ4v) is 3.54. The topological polar surface area (TPSA) is 343 Å². The minimum Gasteiger partial charge on any atom is -0.481 e. The van der Waals surface area contributed by atoms with Crippen molar-refractivity contribution >= 4 is 65.1 Å². The summed E-state index contributed by atoms with van der Waals surface area (Å²) in [6.45, 7) is 18.6. The van der Waals surface area contributed by atoms with Gasteiger partial charge in [-0.15, -0.1) is 13.2 Å². The number of alkyl halides is 15. The van der Waals surface area contributed by atoms with Crippen molar-refractivity contribution in [1.29, 1.82) is 0 Å². The van der Waals surface area contributed by atoms with E-state index in [9.17, 15) is 119 Å². The summed E-state index contributed by atoms with van der Waals surface area (Å²) in [5, 5.41) is 41.1. The van der Waals surface area contributed by atoms with E-state index >= 15 is 0 Å². The van der Waals surface area contributed by atoms with Gasteiger partial charge in [-0.2, -0.15) is 65.9 Å². The highest BCUT2D eigenvalue weighted by atomic mass is 19.4. The number of hydrogen-bond donors (Lipinski definition) is 6. The molecule has 0 heterocycles. The lowest BCUT2D eigenvalue weighted by Gasteiger charge is -2.22. The standard InChI is InChI=1S/C12H20O4.2C9H11F3O3.C5H5F3O3.C4F6O3.C4H8O.C2H5NO2/c1-6-8(2)9(11(14)15)7-10(13)16-12(3,4)5;1-3-5(2)6(8(14)15)4-7(13)9(10,11)12;1-2-3-6-15-8(14)5-4-7(13)9(10,11)12;6-5(7,8)3(9)1-2-4(10)11;5-3(6,7)1(11)13-2(12)4(8,9)10;1-2-3-4-5;3-1-2(4)5/h6,8-9H,1,7H2,2-5H3,(H,14,15);3,5-6H,1,4H2,2H3,(H,14,15);2-3H,4-6H2,1H3;1-2H2,(H,10,11);;2-3,5H,4H2,1H3;1,3H2,(H,4,5)/b;;3-2+;;;3-2+;/t8-,9+;5-,6+;;;;;/m11...../s1. The predicted octanol–water partition coefficient (Wildman–Crippen LogP) is 8.04. The maximum absolute atomic E-state index is 11.9. The maximum atomic E-state index is 11.9. The second-order valence-electron chi connectivity index (χ2n) is 15.5. The summed E-state index contributed by atoms with van der Waals surface area (Å²) in [6.07, 6.45) is -21.0. The lowest BCUT2D eigenvalue weighted by Crippen LogP contribution is -2.34. The van der Waals surface area contributed by atoms with Gasteiger partial charge in [0.25, 0.3) is 0 Å². The number of carboxylic acid groups (broad SMARTS) is 4. The molecule has 0 spiro atoms. The summed E-state index contributed by atoms with van der Waals surface area (Å²) < 4.78 is 184. The van der Waals surface area contributed by atoms with E-state index in [0.29, 0.717) is 0 Å². The molecule has 0 fully saturated rings. The monoisotopic (exact) mass is 1200 g/mol. The van der Waals surface area contributed by atoms with E-state index < -0.39 is 151 Å². The number of allylic oxidation sites excluding steroid dienone is 4. The molecule has 0 radical (unpaired) electrons. The van der Waals surface area contributed by atoms with Gasteiger partial charge in [-0.05, 0) is 46.5 Å². The van der Waals surface area contributed by atoms with E-state index in [1.54, 1.807) is 52.8 Å². The normalized spacial score (nSPS) is 12.8. The lowest BCUT2D eigenvalue weighted by atomic mass is 9.89. The minimum atomic E-state index is -5.62. The average Bonchev–Trinajstić information content (AvgIpc) is 3.29. The average molecular weight is 1200 g/mol. The Labute approximate surface area is 445 Å². The highest BCUT2D eigenvalue weighted by Gasteiger charge is 2.49. The van der Waals surface area contributed by atoms with Crippen LogP contribution in [0.25, 0.3) is 0 Å². The van der Waals surface area contributed by atoms with E-state index in [-0.39, 0.29) is 32.1 Å². The third-order valence-electron chi connectivity index (χ3n) is 7.67. The number of rotatable bonds is 20. The first-order chi connectivity index (χ1) is 35.8. The van der Waals surface area contributed by atoms with Crippen LogP contribution in [-0.2, 0) is 67.0 Å². The summed E-state index contributed by atoms with van der Waals surface area (Å²) >= 11 is 0. The number of ketones is 3. The van der Waals surface area contributed by atoms with Gasteiger partial charge in [-0.1, -0.05) is 50.3 Å². The number of aliphatic hydroxyl groups excluding tert-OH is 1. The Morgan fingerprint density at radius 3 is 1.09 bits per heavy atom. The molecule has 80 heavy (non-hydrogen) atoms. The number of esters is 4. The highest BCUT2D eigenvalue weighted by molar-refractivity contribution is 5.91. The number of ether oxygens (including phenoxy) is 3. The van der Waals surface area contributed by atoms with Crippen LogP contribution >= 0.6 is 0 Å². The first-order valence-electron chi connectivity index (χ1n) is 21.6. The van der Waals surface area contributed by atoms with Crippen LogP contribution in [0.2, 0.25) is 0 Å². The van der Waals surface area contributed by atoms with E-state index in [4.69, 9.17) is 30.3 Å². The zero-order chi connectivity index (χ0) is 65.4. The van der Waals surface area contributed by atoms with Crippen LogP contribution in [0.1, 0.15) is 87.0 Å². The van der Waals surface area contributed by atoms with E-state index in [1.807, 2.05) is 6.92 Å². The van der Waals surface area contributed by atoms with Crippen molar-refractivity contribution in [3.8, 4) is 0 Å². The summed E-state index contributed by atoms with van der Waals surface area (Å²) in [7, 11) is 0. The maximum Gasteiger partial charge on any atom is 0.491 e. The molecule has 0 aliphatic carbocycles. The Bertz CT molecular complexity index is 2010. The zero-order valence-corrected chi connectivity index (χ0v) is 43.3. The molecule has 0 aliphatic heterocycles. The van der Waals surface area contributed by atoms with Crippen LogP contribution in [0.5, 0.6) is 0 Å². The summed E-state index contributed by atoms with van der Waals surface area (Å²) in [5.74, 6) is -21.5. The molecule has 0 saturated carbocycles. The number of nitrogens with two attached hydrogens (primary N) is 1. The molecule has 7 N–H and O–H groups in total. The number of carbonyl (C=O) groups is 11. The van der Waals surface area contributed by atoms with Crippen molar-refractivity contribution in [2.75, 3.05) is 19.8 Å². The van der Waals surface area contributed by atoms with E-state index in [1.165, 1.54) is 25.2 Å². The molecule has 4 atom stereocenters. The zero-order valence-electron chi connectivity index (χ0n) is 43.3. The number of hydrogen-bond acceptors (Lipinski definition) is 16. The second-order valence-corrected chi connectivity index (χ2v) is 15.5. The summed E-state index contributed by atoms with van der Waals surface area (Å²) in [4.78, 5) is 113. The smallest absolute Gasteiger partial charge is 0.481 e. The summed E-state index contributed by atoms with van der Waals surface area (Å²) in [5.41, 5.74) is 3.99. The molecule has 35 heteroatoms. The van der Waals surface area contributed by atoms with E-state index in [0.717, 1.165) is 0 Å². The van der Waals surface area contributed by atoms with Crippen LogP contribution in [0.15, 0.2) is 49.6 Å². The molecule has 0 aromatic heterocycles. The second kappa shape index (κ2) is 42.7. The third kappa shape index (κ3) is 55.6. The molecular formula is C45H60F15NO19. The Balaban J connectivity index is -0.000000160. The molecule has 0 aliphatic rings. The van der Waals surface area contributed by atoms with Gasteiger partial charge in [-0.25, -0.2) is 9.59 Å². The highest BCUT2D eigenvalue weighted by Crippen LogP contribution is 2.26. The largest absolute Gasteiger partial charge is 0.491 e. The van der Waals surface area contributed by atoms with Crippen molar-refractivity contribution in [2.24, 2.45) is 29.4 Å². The number of carbonyl (C=O) groups excluding carboxylic acids is 7. The van der Waals surface area contributed by atoms with Crippen molar-refractivity contribution in [1.82, 2.24) is 0 Å². The Hall–Kier alpha value is -7.20. The van der Waals surface area contributed by atoms with Crippen LogP contribution in [-0.4, -0.2) is 147 Å². The van der Waals surface area contributed by atoms with E-state index in [2.05, 4.69) is 28.4 Å². The SMILES string of the molecule is C/C=C/CO.C/C=C/COC(=O)CCC(=O)C(F)(F)F.C=C[C@@H](C)[C@H](CC(=O)C(F)(F)F)C(=O)O.C=C[C@@H](C)[C@H](CC(=O)OC(C)(C)C)C(=O)O.NCC(=O)O.O=C(O)CCC(=O)C(F)(F)F.O=C(OC(=O)C(F)(F)F)C(F)(F)F. The number of carboxylic acids is 4. The minimum absolute atomic E-state index is 0.00947. The fraction of sp³-hybridized carbons (Fsp3) is 0.578. The van der Waals surface area contributed by atoms with Crippen LogP contribution < -0.4 is 5.73 Å². The number of halogens is 15. The van der Waals surface area contributed by atoms with Crippen molar-refractivity contribution in [2.45, 2.75) is 123 Å². The Morgan fingerprint density at radius 1 is 0.512 bits per heavy atom. The molecule has 0 amide bonds. The third-order valence-corrected chi connectivity index (χ3v) is 7.67. The number of Topliss-reactive ketones (excluding diaryl/α,β-unsaturated/α-hetero) is 3. The summed E-state index contributed by atoms with van der Waals surface area (Å²) in [6, 6.07) is 0. The van der Waals surface area contributed by atoms with Crippen LogP contribution in [0.3, 0.4) is 0 Å². The predicted molar refractivity (Wildman–Crippen MR) is 243 cm³/mol. The molecule has 0 rings (SSSR count). The van der Waals surface area contributed by atoms with Gasteiger partial charge < -0.3 is 45.5 Å². The van der Waals surface area contributed by atoms with Gasteiger partial charge >= 0.3 is 78.6 Å². The van der Waals surface area contributed by atoms with Crippen LogP contribution in [0, 0.1) is 23.7 Å². The molecular weight excluding hydrogens is 1140 g/mol. The van der Waals surface area contributed by atoms with Gasteiger partial charge in [-0.3, -0.25) is 43.2 Å². The Morgan fingerprint density at radius 2 is 0.850 bits per heavy atom. The molecule has 0 aromatic rings. The van der Waals surface area contributed by atoms with Crippen molar-refractivity contribution in [3.05, 3.63) is 49.6 Å². The fourth-order valence-electron chi connectivity index (χ4n) is 3.54. The van der Waals surface area contributed by atoms with Gasteiger partial charge in [0.2, 0.25) is 17.3 Å². The van der Waals surface area contributed by atoms with Crippen molar-refractivity contribution in [3.63, 3.8) is 0 Å². The van der Waals surface area contributed by atoms with Gasteiger partial charge in [0, 0.05) is 19.3 Å². The van der Waals surface area contributed by atoms with Gasteiger partial charge in [0.1, 0.15) is 12.2 Å². The number of aliphatic hydroxyl groups is 1. The van der Waals surface area contributed by atoms with Crippen LogP contribution in [0.4, 0.5) is 65.9 Å².